The van der Waals surface area contributed by atoms with Gasteiger partial charge in [0.2, 0.25) is 0 Å². The smallest absolute Gasteiger partial charge is 0.157 e. The fourth-order valence-corrected chi connectivity index (χ4v) is 3.89. The van der Waals surface area contributed by atoms with Crippen LogP contribution in [-0.2, 0) is 0 Å². The van der Waals surface area contributed by atoms with Crippen molar-refractivity contribution in [3.05, 3.63) is 47.1 Å². The Bertz CT molecular complexity index is 633. The molecule has 0 fully saturated rings. The van der Waals surface area contributed by atoms with Gasteiger partial charge in [0, 0.05) is 0 Å². The summed E-state index contributed by atoms with van der Waals surface area (Å²) in [5.41, 5.74) is 1.05. The fraction of sp³-hybridized carbons (Fsp3) is 0. The average molecular weight is 323 g/mol. The number of thiazole rings is 1. The number of para-hydroxylation sites is 1. The molecule has 3 aromatic rings. The topological polar surface area (TPSA) is 25.8 Å². The van der Waals surface area contributed by atoms with E-state index in [1.54, 1.807) is 23.1 Å². The molecule has 0 aliphatic carbocycles. The van der Waals surface area contributed by atoms with Gasteiger partial charge in [-0.1, -0.05) is 18.2 Å². The lowest BCUT2D eigenvalue weighted by molar-refractivity contribution is 1.10. The number of benzene rings is 1. The monoisotopic (exact) mass is 322 g/mol. The van der Waals surface area contributed by atoms with Crippen molar-refractivity contribution in [3.63, 3.8) is 0 Å². The predicted molar refractivity (Wildman–Crippen MR) is 75.7 cm³/mol. The van der Waals surface area contributed by atoms with E-state index in [0.29, 0.717) is 0 Å². The summed E-state index contributed by atoms with van der Waals surface area (Å²) in [6.45, 7) is 0. The molecule has 0 saturated carbocycles. The van der Waals surface area contributed by atoms with Crippen molar-refractivity contribution >= 4 is 49.2 Å². The highest BCUT2D eigenvalue weighted by atomic mass is 79.9. The van der Waals surface area contributed by atoms with Gasteiger partial charge in [0.1, 0.15) is 9.63 Å². The molecular formula is C12H7BrN2S2. The summed E-state index contributed by atoms with van der Waals surface area (Å²) >= 11 is 6.66. The maximum atomic E-state index is 4.56. The van der Waals surface area contributed by atoms with Crippen molar-refractivity contribution < 1.29 is 0 Å². The quantitative estimate of drug-likeness (QED) is 0.644. The molecule has 0 N–H and O–H groups in total. The lowest BCUT2D eigenvalue weighted by Gasteiger charge is -1.96. The maximum absolute atomic E-state index is 4.56. The zero-order valence-corrected chi connectivity index (χ0v) is 11.8. The molecule has 17 heavy (non-hydrogen) atoms. The molecular weight excluding hydrogens is 316 g/mol. The Balaban J connectivity index is 1.94. The van der Waals surface area contributed by atoms with Crippen LogP contribution in [0.5, 0.6) is 0 Å². The zero-order chi connectivity index (χ0) is 11.7. The third-order valence-electron chi connectivity index (χ3n) is 2.16. The van der Waals surface area contributed by atoms with E-state index < -0.39 is 0 Å². The minimum Gasteiger partial charge on any atom is -0.234 e. The molecule has 0 saturated heterocycles. The number of hydrogen-bond acceptors (Lipinski definition) is 4. The van der Waals surface area contributed by atoms with E-state index in [0.717, 1.165) is 19.5 Å². The molecule has 0 radical (unpaired) electrons. The first kappa shape index (κ1) is 11.2. The van der Waals surface area contributed by atoms with Gasteiger partial charge in [0.05, 0.1) is 10.2 Å². The molecule has 2 aromatic heterocycles. The largest absolute Gasteiger partial charge is 0.234 e. The highest BCUT2D eigenvalue weighted by Gasteiger charge is 2.05. The Kier molecular flexibility index (Phi) is 3.13. The van der Waals surface area contributed by atoms with Crippen LogP contribution in [0.2, 0.25) is 0 Å². The molecule has 0 spiro atoms. The highest BCUT2D eigenvalue weighted by molar-refractivity contribution is 9.10. The van der Waals surface area contributed by atoms with Gasteiger partial charge in [-0.3, -0.25) is 0 Å². The Hall–Kier alpha value is -0.910. The third kappa shape index (κ3) is 2.51. The third-order valence-corrected chi connectivity index (χ3v) is 4.63. The lowest BCUT2D eigenvalue weighted by Crippen LogP contribution is -1.79. The van der Waals surface area contributed by atoms with Crippen LogP contribution in [0, 0.1) is 0 Å². The molecule has 0 atom stereocenters. The lowest BCUT2D eigenvalue weighted by atomic mass is 10.3. The van der Waals surface area contributed by atoms with E-state index in [2.05, 4.69) is 32.0 Å². The van der Waals surface area contributed by atoms with E-state index in [1.165, 1.54) is 4.70 Å². The number of halogens is 1. The summed E-state index contributed by atoms with van der Waals surface area (Å²) in [6.07, 6.45) is 0. The first-order chi connectivity index (χ1) is 8.31. The number of rotatable bonds is 2. The zero-order valence-electron chi connectivity index (χ0n) is 8.63. The van der Waals surface area contributed by atoms with Gasteiger partial charge in [-0.25, -0.2) is 9.97 Å². The van der Waals surface area contributed by atoms with E-state index >= 15 is 0 Å². The van der Waals surface area contributed by atoms with Crippen LogP contribution in [0.4, 0.5) is 0 Å². The molecule has 5 heteroatoms. The Morgan fingerprint density at radius 3 is 2.71 bits per heavy atom. The molecule has 0 unspecified atom stereocenters. The number of fused-ring (bicyclic) bond motifs is 1. The van der Waals surface area contributed by atoms with Gasteiger partial charge in [-0.15, -0.1) is 11.3 Å². The first-order valence-electron chi connectivity index (χ1n) is 4.97. The number of pyridine rings is 1. The normalized spacial score (nSPS) is 10.9. The summed E-state index contributed by atoms with van der Waals surface area (Å²) in [4.78, 5) is 8.95. The summed E-state index contributed by atoms with van der Waals surface area (Å²) in [6, 6.07) is 14.0. The molecule has 0 aliphatic heterocycles. The summed E-state index contributed by atoms with van der Waals surface area (Å²) < 4.78 is 3.09. The molecule has 84 valence electrons. The van der Waals surface area contributed by atoms with E-state index in [9.17, 15) is 0 Å². The SMILES string of the molecule is Brc1cccc(Sc2nc3ccccc3s2)n1. The van der Waals surface area contributed by atoms with Crippen molar-refractivity contribution in [2.45, 2.75) is 9.37 Å². The number of nitrogens with zero attached hydrogens (tertiary/aromatic N) is 2. The van der Waals surface area contributed by atoms with Crippen molar-refractivity contribution in [3.8, 4) is 0 Å². The van der Waals surface area contributed by atoms with Gasteiger partial charge < -0.3 is 0 Å². The molecule has 1 aromatic carbocycles. The highest BCUT2D eigenvalue weighted by Crippen LogP contribution is 2.33. The molecule has 0 aliphatic rings. The summed E-state index contributed by atoms with van der Waals surface area (Å²) in [5.74, 6) is 0. The Labute approximate surface area is 115 Å². The van der Waals surface area contributed by atoms with Crippen molar-refractivity contribution in [2.75, 3.05) is 0 Å². The van der Waals surface area contributed by atoms with Crippen LogP contribution in [0.1, 0.15) is 0 Å². The van der Waals surface area contributed by atoms with Crippen molar-refractivity contribution in [2.24, 2.45) is 0 Å². The van der Waals surface area contributed by atoms with Gasteiger partial charge in [-0.2, -0.15) is 0 Å². The predicted octanol–water partition coefficient (Wildman–Crippen LogP) is 4.61. The first-order valence-corrected chi connectivity index (χ1v) is 7.40. The standard InChI is InChI=1S/C12H7BrN2S2/c13-10-6-3-7-11(15-10)17-12-14-8-4-1-2-5-9(8)16-12/h1-7H. The van der Waals surface area contributed by atoms with Gasteiger partial charge in [0.15, 0.2) is 4.34 Å². The minimum absolute atomic E-state index is 0.851. The molecule has 0 bridgehead atoms. The van der Waals surface area contributed by atoms with Crippen LogP contribution >= 0.6 is 39.0 Å². The molecule has 3 rings (SSSR count). The van der Waals surface area contributed by atoms with Crippen molar-refractivity contribution in [1.29, 1.82) is 0 Å². The van der Waals surface area contributed by atoms with Crippen LogP contribution in [-0.4, -0.2) is 9.97 Å². The maximum Gasteiger partial charge on any atom is 0.157 e. The van der Waals surface area contributed by atoms with E-state index in [-0.39, 0.29) is 0 Å². The van der Waals surface area contributed by atoms with Crippen LogP contribution in [0.25, 0.3) is 10.2 Å². The molecule has 2 heterocycles. The second kappa shape index (κ2) is 4.76. The van der Waals surface area contributed by atoms with Crippen LogP contribution in [0.3, 0.4) is 0 Å². The van der Waals surface area contributed by atoms with Crippen LogP contribution in [0.15, 0.2) is 56.4 Å². The minimum atomic E-state index is 0.851. The van der Waals surface area contributed by atoms with E-state index in [1.807, 2.05) is 36.4 Å². The van der Waals surface area contributed by atoms with Crippen molar-refractivity contribution in [1.82, 2.24) is 9.97 Å². The molecule has 2 nitrogen and oxygen atoms in total. The second-order valence-corrected chi connectivity index (χ2v) is 6.46. The van der Waals surface area contributed by atoms with E-state index in [4.69, 9.17) is 0 Å². The fourth-order valence-electron chi connectivity index (χ4n) is 1.43. The average Bonchev–Trinajstić information content (AvgIpc) is 2.71. The molecule has 0 amide bonds. The van der Waals surface area contributed by atoms with Gasteiger partial charge in [-0.05, 0) is 52.0 Å². The summed E-state index contributed by atoms with van der Waals surface area (Å²) in [5, 5.41) is 0.957. The van der Waals surface area contributed by atoms with Crippen LogP contribution < -0.4 is 0 Å². The second-order valence-electron chi connectivity index (χ2n) is 3.35. The van der Waals surface area contributed by atoms with Gasteiger partial charge >= 0.3 is 0 Å². The summed E-state index contributed by atoms with van der Waals surface area (Å²) in [7, 11) is 0. The Morgan fingerprint density at radius 1 is 1.00 bits per heavy atom. The number of aromatic nitrogens is 2. The van der Waals surface area contributed by atoms with Gasteiger partial charge in [0.25, 0.3) is 0 Å². The Morgan fingerprint density at radius 2 is 1.88 bits per heavy atom. The number of hydrogen-bond donors (Lipinski definition) is 0.